The summed E-state index contributed by atoms with van der Waals surface area (Å²) < 4.78 is 31.6. The zero-order valence-corrected chi connectivity index (χ0v) is 16.5. The Morgan fingerprint density at radius 1 is 1.07 bits per heavy atom. The molecule has 4 rings (SSSR count). The third-order valence-electron chi connectivity index (χ3n) is 4.56. The second kappa shape index (κ2) is 7.56. The number of furan rings is 1. The molecule has 1 amide bonds. The van der Waals surface area contributed by atoms with Crippen LogP contribution < -0.4 is 4.72 Å². The van der Waals surface area contributed by atoms with Gasteiger partial charge in [-0.2, -0.15) is 5.10 Å². The Balaban J connectivity index is 1.77. The summed E-state index contributed by atoms with van der Waals surface area (Å²) in [6.45, 7) is 0. The number of sulfonamides is 1. The molecule has 0 bridgehead atoms. The van der Waals surface area contributed by atoms with Crippen LogP contribution in [0.1, 0.15) is 34.1 Å². The number of amides is 1. The first-order valence-electron chi connectivity index (χ1n) is 8.99. The number of para-hydroxylation sites is 1. The van der Waals surface area contributed by atoms with Gasteiger partial charge in [-0.05, 0) is 30.3 Å². The summed E-state index contributed by atoms with van der Waals surface area (Å²) in [5.74, 6) is 0.304. The predicted octanol–water partition coefficient (Wildman–Crippen LogP) is 3.64. The molecule has 0 saturated heterocycles. The van der Waals surface area contributed by atoms with Crippen LogP contribution >= 0.6 is 0 Å². The van der Waals surface area contributed by atoms with Crippen LogP contribution in [0.5, 0.6) is 0 Å². The summed E-state index contributed by atoms with van der Waals surface area (Å²) in [6, 6.07) is 18.9. The SMILES string of the molecule is CS(=O)(=O)Nc1ccccc1[C@@H]1CC(c2ccco2)=NN1C(=O)c1ccccc1. The van der Waals surface area contributed by atoms with Crippen LogP contribution in [0, 0.1) is 0 Å². The first-order chi connectivity index (χ1) is 13.9. The molecule has 3 aromatic rings. The number of nitrogens with zero attached hydrogens (tertiary/aromatic N) is 2. The van der Waals surface area contributed by atoms with Gasteiger partial charge in [-0.25, -0.2) is 13.4 Å². The molecule has 2 aromatic carbocycles. The van der Waals surface area contributed by atoms with Crippen molar-refractivity contribution in [3.05, 3.63) is 89.9 Å². The number of carbonyl (C=O) groups excluding carboxylic acids is 1. The maximum atomic E-state index is 13.2. The highest BCUT2D eigenvalue weighted by Crippen LogP contribution is 2.37. The maximum absolute atomic E-state index is 13.2. The minimum absolute atomic E-state index is 0.272. The third-order valence-corrected chi connectivity index (χ3v) is 5.15. The van der Waals surface area contributed by atoms with Gasteiger partial charge in [-0.1, -0.05) is 36.4 Å². The van der Waals surface area contributed by atoms with Gasteiger partial charge in [0, 0.05) is 17.5 Å². The van der Waals surface area contributed by atoms with E-state index in [1.54, 1.807) is 66.9 Å². The zero-order valence-electron chi connectivity index (χ0n) is 15.6. The summed E-state index contributed by atoms with van der Waals surface area (Å²) in [5, 5.41) is 5.93. The van der Waals surface area contributed by atoms with Crippen LogP contribution in [0.3, 0.4) is 0 Å². The summed E-state index contributed by atoms with van der Waals surface area (Å²) in [6.07, 6.45) is 3.04. The van der Waals surface area contributed by atoms with E-state index in [0.29, 0.717) is 34.7 Å². The van der Waals surface area contributed by atoms with E-state index in [1.807, 2.05) is 6.07 Å². The van der Waals surface area contributed by atoms with E-state index in [-0.39, 0.29) is 5.91 Å². The number of carbonyl (C=O) groups is 1. The Bertz CT molecular complexity index is 1160. The van der Waals surface area contributed by atoms with Gasteiger partial charge in [-0.15, -0.1) is 0 Å². The van der Waals surface area contributed by atoms with Crippen molar-refractivity contribution >= 4 is 27.3 Å². The van der Waals surface area contributed by atoms with E-state index in [2.05, 4.69) is 9.82 Å². The van der Waals surface area contributed by atoms with Gasteiger partial charge < -0.3 is 4.42 Å². The number of benzene rings is 2. The lowest BCUT2D eigenvalue weighted by Gasteiger charge is -2.24. The van der Waals surface area contributed by atoms with Crippen LogP contribution in [0.4, 0.5) is 5.69 Å². The molecule has 0 aliphatic carbocycles. The van der Waals surface area contributed by atoms with Gasteiger partial charge in [0.25, 0.3) is 5.91 Å². The highest BCUT2D eigenvalue weighted by molar-refractivity contribution is 7.92. The molecule has 29 heavy (non-hydrogen) atoms. The average molecular weight is 409 g/mol. The second-order valence-electron chi connectivity index (χ2n) is 6.72. The van der Waals surface area contributed by atoms with E-state index >= 15 is 0 Å². The largest absolute Gasteiger partial charge is 0.463 e. The zero-order chi connectivity index (χ0) is 20.4. The van der Waals surface area contributed by atoms with Gasteiger partial charge in [0.15, 0.2) is 0 Å². The Kier molecular flexibility index (Phi) is 4.94. The highest BCUT2D eigenvalue weighted by Gasteiger charge is 2.36. The summed E-state index contributed by atoms with van der Waals surface area (Å²) >= 11 is 0. The fraction of sp³-hybridized carbons (Fsp3) is 0.143. The fourth-order valence-corrected chi connectivity index (χ4v) is 3.91. The van der Waals surface area contributed by atoms with Gasteiger partial charge in [-0.3, -0.25) is 9.52 Å². The number of hydrogen-bond acceptors (Lipinski definition) is 5. The standard InChI is InChI=1S/C21H19N3O4S/c1-29(26,27)23-17-11-6-5-10-16(17)19-14-18(20-12-7-13-28-20)22-24(19)21(25)15-8-3-2-4-9-15/h2-13,19,23H,14H2,1H3/t19-/m0/s1. The van der Waals surface area contributed by atoms with Crippen molar-refractivity contribution in [2.24, 2.45) is 5.10 Å². The number of hydrazone groups is 1. The molecule has 1 aromatic heterocycles. The molecule has 148 valence electrons. The van der Waals surface area contributed by atoms with Crippen LogP contribution in [0.15, 0.2) is 82.5 Å². The average Bonchev–Trinajstić information content (AvgIpc) is 3.37. The molecular formula is C21H19N3O4S. The Morgan fingerprint density at radius 3 is 2.48 bits per heavy atom. The van der Waals surface area contributed by atoms with Crippen molar-refractivity contribution in [2.75, 3.05) is 11.0 Å². The lowest BCUT2D eigenvalue weighted by molar-refractivity contribution is 0.0712. The molecule has 8 heteroatoms. The molecule has 0 fully saturated rings. The number of nitrogens with one attached hydrogen (secondary N) is 1. The molecule has 1 N–H and O–H groups in total. The van der Waals surface area contributed by atoms with Gasteiger partial charge in [0.1, 0.15) is 11.5 Å². The van der Waals surface area contributed by atoms with Crippen molar-refractivity contribution in [1.82, 2.24) is 5.01 Å². The molecule has 2 heterocycles. The molecule has 0 spiro atoms. The lowest BCUT2D eigenvalue weighted by Crippen LogP contribution is -2.28. The van der Waals surface area contributed by atoms with E-state index < -0.39 is 16.1 Å². The molecular weight excluding hydrogens is 390 g/mol. The molecule has 7 nitrogen and oxygen atoms in total. The van der Waals surface area contributed by atoms with Gasteiger partial charge in [0.05, 0.1) is 24.2 Å². The van der Waals surface area contributed by atoms with Crippen molar-refractivity contribution < 1.29 is 17.6 Å². The topological polar surface area (TPSA) is 92.0 Å². The van der Waals surface area contributed by atoms with E-state index in [0.717, 1.165) is 6.26 Å². The quantitative estimate of drug-likeness (QED) is 0.696. The number of hydrogen-bond donors (Lipinski definition) is 1. The third kappa shape index (κ3) is 4.07. The Labute approximate surface area is 168 Å². The van der Waals surface area contributed by atoms with E-state index in [4.69, 9.17) is 4.42 Å². The highest BCUT2D eigenvalue weighted by atomic mass is 32.2. The summed E-state index contributed by atoms with van der Waals surface area (Å²) in [7, 11) is -3.49. The van der Waals surface area contributed by atoms with Crippen LogP contribution in [0.25, 0.3) is 0 Å². The first-order valence-corrected chi connectivity index (χ1v) is 10.9. The molecule has 1 atom stereocenters. The van der Waals surface area contributed by atoms with Crippen molar-refractivity contribution in [2.45, 2.75) is 12.5 Å². The van der Waals surface area contributed by atoms with Gasteiger partial charge >= 0.3 is 0 Å². The monoisotopic (exact) mass is 409 g/mol. The van der Waals surface area contributed by atoms with Crippen LogP contribution in [-0.4, -0.2) is 31.3 Å². The Morgan fingerprint density at radius 2 is 1.79 bits per heavy atom. The minimum atomic E-state index is -3.49. The van der Waals surface area contributed by atoms with Crippen molar-refractivity contribution in [3.8, 4) is 0 Å². The molecule has 0 radical (unpaired) electrons. The predicted molar refractivity (Wildman–Crippen MR) is 110 cm³/mol. The van der Waals surface area contributed by atoms with E-state index in [9.17, 15) is 13.2 Å². The lowest BCUT2D eigenvalue weighted by atomic mass is 9.99. The van der Waals surface area contributed by atoms with Crippen LogP contribution in [-0.2, 0) is 10.0 Å². The van der Waals surface area contributed by atoms with Gasteiger partial charge in [0.2, 0.25) is 10.0 Å². The Hall–Kier alpha value is -3.39. The van der Waals surface area contributed by atoms with Crippen molar-refractivity contribution in [1.29, 1.82) is 0 Å². The molecule has 1 aliphatic rings. The first kappa shape index (κ1) is 18.9. The molecule has 1 aliphatic heterocycles. The summed E-state index contributed by atoms with van der Waals surface area (Å²) in [5.41, 5.74) is 2.20. The maximum Gasteiger partial charge on any atom is 0.274 e. The fourth-order valence-electron chi connectivity index (χ4n) is 3.32. The number of anilines is 1. The van der Waals surface area contributed by atoms with Crippen molar-refractivity contribution in [3.63, 3.8) is 0 Å². The molecule has 0 unspecified atom stereocenters. The minimum Gasteiger partial charge on any atom is -0.463 e. The smallest absolute Gasteiger partial charge is 0.274 e. The van der Waals surface area contributed by atoms with Crippen LogP contribution in [0.2, 0.25) is 0 Å². The normalized spacial score (nSPS) is 16.5. The second-order valence-corrected chi connectivity index (χ2v) is 8.47. The number of rotatable bonds is 5. The van der Waals surface area contributed by atoms with E-state index in [1.165, 1.54) is 5.01 Å². The molecule has 0 saturated carbocycles. The summed E-state index contributed by atoms with van der Waals surface area (Å²) in [4.78, 5) is 13.2.